The first-order valence-electron chi connectivity index (χ1n) is 6.56. The lowest BCUT2D eigenvalue weighted by atomic mass is 10.1. The molecule has 0 fully saturated rings. The van der Waals surface area contributed by atoms with Gasteiger partial charge in [-0.3, -0.25) is 4.79 Å². The molecule has 0 saturated heterocycles. The summed E-state index contributed by atoms with van der Waals surface area (Å²) in [7, 11) is 3.71. The topological polar surface area (TPSA) is 77.6 Å². The van der Waals surface area contributed by atoms with E-state index in [1.165, 1.54) is 4.68 Å². The maximum atomic E-state index is 12.1. The number of hydrogen-bond donors (Lipinski definition) is 1. The standard InChI is InChI=1S/C12H20N6O/c1-9(13-2)6-4-5-7-18-12(19)10-8-14-17(3)11(10)15-16-18/h8-9,13H,4-7H2,1-3H3. The number of nitrogens with one attached hydrogen (secondary N) is 1. The lowest BCUT2D eigenvalue weighted by Crippen LogP contribution is -2.25. The van der Waals surface area contributed by atoms with E-state index in [0.29, 0.717) is 23.6 Å². The summed E-state index contributed by atoms with van der Waals surface area (Å²) in [6.07, 6.45) is 4.62. The molecule has 1 N–H and O–H groups in total. The van der Waals surface area contributed by atoms with Crippen LogP contribution in [0.1, 0.15) is 26.2 Å². The summed E-state index contributed by atoms with van der Waals surface area (Å²) >= 11 is 0. The molecule has 1 atom stereocenters. The molecule has 7 heteroatoms. The quantitative estimate of drug-likeness (QED) is 0.759. The number of fused-ring (bicyclic) bond motifs is 1. The molecular formula is C12H20N6O. The van der Waals surface area contributed by atoms with Gasteiger partial charge in [0.2, 0.25) is 0 Å². The molecule has 2 heterocycles. The Morgan fingerprint density at radius 1 is 1.42 bits per heavy atom. The maximum Gasteiger partial charge on any atom is 0.280 e. The maximum absolute atomic E-state index is 12.1. The fourth-order valence-corrected chi connectivity index (χ4v) is 1.98. The van der Waals surface area contributed by atoms with Gasteiger partial charge in [-0.15, -0.1) is 5.10 Å². The minimum absolute atomic E-state index is 0.111. The summed E-state index contributed by atoms with van der Waals surface area (Å²) in [6.45, 7) is 2.75. The van der Waals surface area contributed by atoms with E-state index >= 15 is 0 Å². The summed E-state index contributed by atoms with van der Waals surface area (Å²) in [4.78, 5) is 12.1. The molecule has 0 spiro atoms. The summed E-state index contributed by atoms with van der Waals surface area (Å²) in [5.74, 6) is 0. The van der Waals surface area contributed by atoms with Gasteiger partial charge in [0.05, 0.1) is 6.20 Å². The largest absolute Gasteiger partial charge is 0.317 e. The van der Waals surface area contributed by atoms with Crippen molar-refractivity contribution < 1.29 is 0 Å². The number of hydrogen-bond acceptors (Lipinski definition) is 5. The highest BCUT2D eigenvalue weighted by Gasteiger charge is 2.09. The SMILES string of the molecule is CNC(C)CCCCn1nnc2c(cnn2C)c1=O. The number of nitrogens with zero attached hydrogens (tertiary/aromatic N) is 5. The van der Waals surface area contributed by atoms with Crippen molar-refractivity contribution in [1.29, 1.82) is 0 Å². The molecule has 2 rings (SSSR count). The van der Waals surface area contributed by atoms with Crippen molar-refractivity contribution in [1.82, 2.24) is 30.1 Å². The summed E-state index contributed by atoms with van der Waals surface area (Å²) in [5, 5.41) is 15.7. The predicted molar refractivity (Wildman–Crippen MR) is 72.9 cm³/mol. The molecule has 7 nitrogen and oxygen atoms in total. The van der Waals surface area contributed by atoms with Gasteiger partial charge in [0.15, 0.2) is 5.65 Å². The van der Waals surface area contributed by atoms with Gasteiger partial charge in [-0.05, 0) is 26.8 Å². The van der Waals surface area contributed by atoms with E-state index in [0.717, 1.165) is 19.3 Å². The van der Waals surface area contributed by atoms with Crippen molar-refractivity contribution in [3.05, 3.63) is 16.6 Å². The Labute approximate surface area is 111 Å². The zero-order valence-electron chi connectivity index (χ0n) is 11.6. The van der Waals surface area contributed by atoms with Crippen LogP contribution in [0.25, 0.3) is 11.0 Å². The van der Waals surface area contributed by atoms with E-state index in [4.69, 9.17) is 0 Å². The molecule has 1 unspecified atom stereocenters. The van der Waals surface area contributed by atoms with Gasteiger partial charge in [0, 0.05) is 19.6 Å². The van der Waals surface area contributed by atoms with Crippen LogP contribution < -0.4 is 10.9 Å². The molecule has 0 aliphatic rings. The molecule has 0 radical (unpaired) electrons. The zero-order valence-corrected chi connectivity index (χ0v) is 11.6. The Morgan fingerprint density at radius 2 is 2.21 bits per heavy atom. The van der Waals surface area contributed by atoms with Crippen LogP contribution in [0.5, 0.6) is 0 Å². The molecule has 0 aliphatic heterocycles. The highest BCUT2D eigenvalue weighted by Crippen LogP contribution is 2.04. The lowest BCUT2D eigenvalue weighted by Gasteiger charge is -2.09. The molecule has 104 valence electrons. The monoisotopic (exact) mass is 264 g/mol. The molecule has 2 aromatic heterocycles. The van der Waals surface area contributed by atoms with E-state index in [2.05, 4.69) is 27.7 Å². The highest BCUT2D eigenvalue weighted by atomic mass is 16.1. The fourth-order valence-electron chi connectivity index (χ4n) is 1.98. The molecule has 0 aromatic carbocycles. The van der Waals surface area contributed by atoms with Crippen LogP contribution in [0.2, 0.25) is 0 Å². The van der Waals surface area contributed by atoms with Gasteiger partial charge in [-0.1, -0.05) is 11.6 Å². The first-order chi connectivity index (χ1) is 9.13. The first-order valence-corrected chi connectivity index (χ1v) is 6.56. The van der Waals surface area contributed by atoms with Gasteiger partial charge < -0.3 is 5.32 Å². The first kappa shape index (κ1) is 13.7. The van der Waals surface area contributed by atoms with E-state index in [1.54, 1.807) is 17.9 Å². The van der Waals surface area contributed by atoms with Gasteiger partial charge >= 0.3 is 0 Å². The number of aromatic nitrogens is 5. The Morgan fingerprint density at radius 3 is 2.95 bits per heavy atom. The Kier molecular flexibility index (Phi) is 4.26. The van der Waals surface area contributed by atoms with Crippen LogP contribution in [0.15, 0.2) is 11.0 Å². The van der Waals surface area contributed by atoms with E-state index < -0.39 is 0 Å². The van der Waals surface area contributed by atoms with Crippen LogP contribution in [-0.2, 0) is 13.6 Å². The second-order valence-corrected chi connectivity index (χ2v) is 4.81. The van der Waals surface area contributed by atoms with Gasteiger partial charge in [-0.25, -0.2) is 9.36 Å². The minimum atomic E-state index is -0.111. The van der Waals surface area contributed by atoms with Crippen molar-refractivity contribution in [2.45, 2.75) is 38.8 Å². The molecule has 19 heavy (non-hydrogen) atoms. The third kappa shape index (κ3) is 2.98. The van der Waals surface area contributed by atoms with Crippen molar-refractivity contribution in [3.63, 3.8) is 0 Å². The van der Waals surface area contributed by atoms with E-state index in [1.807, 2.05) is 7.05 Å². The van der Waals surface area contributed by atoms with E-state index in [-0.39, 0.29) is 5.56 Å². The number of unbranched alkanes of at least 4 members (excludes halogenated alkanes) is 1. The average molecular weight is 264 g/mol. The number of aryl methyl sites for hydroxylation is 2. The third-order valence-electron chi connectivity index (χ3n) is 3.37. The normalized spacial score (nSPS) is 13.0. The Bertz CT molecular complexity index is 602. The van der Waals surface area contributed by atoms with Crippen LogP contribution in [-0.4, -0.2) is 37.9 Å². The Balaban J connectivity index is 2.01. The third-order valence-corrected chi connectivity index (χ3v) is 3.37. The van der Waals surface area contributed by atoms with Crippen LogP contribution in [0.4, 0.5) is 0 Å². The molecule has 0 amide bonds. The summed E-state index contributed by atoms with van der Waals surface area (Å²) in [6, 6.07) is 0.503. The van der Waals surface area contributed by atoms with Gasteiger partial charge in [0.1, 0.15) is 5.39 Å². The summed E-state index contributed by atoms with van der Waals surface area (Å²) in [5.41, 5.74) is 0.421. The smallest absolute Gasteiger partial charge is 0.280 e. The van der Waals surface area contributed by atoms with Crippen LogP contribution >= 0.6 is 0 Å². The molecule has 0 aliphatic carbocycles. The van der Waals surface area contributed by atoms with Crippen molar-refractivity contribution in [3.8, 4) is 0 Å². The molecular weight excluding hydrogens is 244 g/mol. The molecule has 2 aromatic rings. The molecule has 0 saturated carbocycles. The van der Waals surface area contributed by atoms with Crippen LogP contribution in [0, 0.1) is 0 Å². The van der Waals surface area contributed by atoms with Crippen LogP contribution in [0.3, 0.4) is 0 Å². The minimum Gasteiger partial charge on any atom is -0.317 e. The fraction of sp³-hybridized carbons (Fsp3) is 0.667. The Hall–Kier alpha value is -1.76. The second kappa shape index (κ2) is 5.92. The van der Waals surface area contributed by atoms with E-state index in [9.17, 15) is 4.79 Å². The average Bonchev–Trinajstić information content (AvgIpc) is 2.79. The van der Waals surface area contributed by atoms with Crippen molar-refractivity contribution in [2.75, 3.05) is 7.05 Å². The second-order valence-electron chi connectivity index (χ2n) is 4.81. The summed E-state index contributed by atoms with van der Waals surface area (Å²) < 4.78 is 2.98. The predicted octanol–water partition coefficient (Wildman–Crippen LogP) is 0.303. The highest BCUT2D eigenvalue weighted by molar-refractivity contribution is 5.72. The van der Waals surface area contributed by atoms with Gasteiger partial charge in [0.25, 0.3) is 5.56 Å². The van der Waals surface area contributed by atoms with Crippen molar-refractivity contribution >= 4 is 11.0 Å². The van der Waals surface area contributed by atoms with Crippen molar-refractivity contribution in [2.24, 2.45) is 7.05 Å². The zero-order chi connectivity index (χ0) is 13.8. The molecule has 0 bridgehead atoms. The number of rotatable bonds is 6. The lowest BCUT2D eigenvalue weighted by molar-refractivity contribution is 0.470. The van der Waals surface area contributed by atoms with Gasteiger partial charge in [-0.2, -0.15) is 5.10 Å².